The van der Waals surface area contributed by atoms with Crippen molar-refractivity contribution in [3.8, 4) is 5.75 Å². The van der Waals surface area contributed by atoms with Crippen LogP contribution >= 0.6 is 15.9 Å². The molecule has 0 unspecified atom stereocenters. The first-order valence-corrected chi connectivity index (χ1v) is 11.1. The van der Waals surface area contributed by atoms with E-state index in [9.17, 15) is 14.7 Å². The van der Waals surface area contributed by atoms with Crippen molar-refractivity contribution in [2.45, 2.75) is 58.9 Å². The van der Waals surface area contributed by atoms with Crippen LogP contribution in [-0.2, 0) is 11.2 Å². The van der Waals surface area contributed by atoms with E-state index in [-0.39, 0.29) is 5.69 Å². The number of fused-ring (bicyclic) bond motifs is 1. The third-order valence-electron chi connectivity index (χ3n) is 5.78. The molecule has 2 N–H and O–H groups in total. The molecule has 1 aliphatic rings. The SMILES string of the molecule is COc1ccc(Br)c2c(CC3CCCC3)nc(C(=O)N[C@H](C(=O)O)C(C)(C)C)cc12. The summed E-state index contributed by atoms with van der Waals surface area (Å²) < 4.78 is 6.45. The zero-order valence-electron chi connectivity index (χ0n) is 17.9. The fourth-order valence-electron chi connectivity index (χ4n) is 4.16. The standard InChI is InChI=1S/C23H29BrN2O4/c1-23(2,3)20(22(28)29)26-21(27)17-12-14-18(30-4)10-9-15(24)19(14)16(25-17)11-13-7-5-6-8-13/h9-10,12-13,20H,5-8,11H2,1-4H3,(H,26,27)(H,28,29)/t20-/m1/s1. The lowest BCUT2D eigenvalue weighted by Crippen LogP contribution is -2.49. The molecule has 30 heavy (non-hydrogen) atoms. The molecule has 0 aliphatic heterocycles. The van der Waals surface area contributed by atoms with Crippen molar-refractivity contribution in [2.75, 3.05) is 7.11 Å². The Kier molecular flexibility index (Phi) is 6.70. The van der Waals surface area contributed by atoms with Crippen LogP contribution < -0.4 is 10.1 Å². The number of rotatable bonds is 6. The molecule has 3 rings (SSSR count). The fraction of sp³-hybridized carbons (Fsp3) is 0.522. The number of carboxylic acids is 1. The number of methoxy groups -OCH3 is 1. The van der Waals surface area contributed by atoms with E-state index in [4.69, 9.17) is 9.72 Å². The van der Waals surface area contributed by atoms with Gasteiger partial charge in [0.2, 0.25) is 0 Å². The van der Waals surface area contributed by atoms with Gasteiger partial charge >= 0.3 is 5.97 Å². The van der Waals surface area contributed by atoms with Crippen molar-refractivity contribution in [1.82, 2.24) is 10.3 Å². The highest BCUT2D eigenvalue weighted by Crippen LogP contribution is 2.37. The fourth-order valence-corrected chi connectivity index (χ4v) is 4.74. The van der Waals surface area contributed by atoms with E-state index in [0.717, 1.165) is 40.2 Å². The smallest absolute Gasteiger partial charge is 0.326 e. The maximum atomic E-state index is 13.0. The first-order chi connectivity index (χ1) is 14.1. The molecule has 1 aliphatic carbocycles. The number of nitrogens with zero attached hydrogens (tertiary/aromatic N) is 1. The number of carboxylic acid groups (broad SMARTS) is 1. The molecule has 1 saturated carbocycles. The monoisotopic (exact) mass is 476 g/mol. The second kappa shape index (κ2) is 8.92. The summed E-state index contributed by atoms with van der Waals surface area (Å²) in [6.07, 6.45) is 5.54. The average molecular weight is 477 g/mol. The summed E-state index contributed by atoms with van der Waals surface area (Å²) in [5, 5.41) is 14.0. The van der Waals surface area contributed by atoms with Crippen LogP contribution in [0.25, 0.3) is 10.8 Å². The Balaban J connectivity index is 2.08. The van der Waals surface area contributed by atoms with Gasteiger partial charge in [-0.2, -0.15) is 0 Å². The Bertz CT molecular complexity index is 962. The van der Waals surface area contributed by atoms with E-state index in [1.54, 1.807) is 33.9 Å². The Morgan fingerprint density at radius 2 is 1.97 bits per heavy atom. The van der Waals surface area contributed by atoms with Gasteiger partial charge in [-0.15, -0.1) is 0 Å². The molecule has 1 aromatic heterocycles. The van der Waals surface area contributed by atoms with Crippen LogP contribution in [0.4, 0.5) is 0 Å². The second-order valence-electron chi connectivity index (χ2n) is 9.09. The molecule has 0 radical (unpaired) electrons. The lowest BCUT2D eigenvalue weighted by atomic mass is 9.86. The van der Waals surface area contributed by atoms with Gasteiger partial charge in [-0.25, -0.2) is 9.78 Å². The molecule has 6 nitrogen and oxygen atoms in total. The van der Waals surface area contributed by atoms with Gasteiger partial charge in [-0.05, 0) is 36.0 Å². The Morgan fingerprint density at radius 3 is 2.53 bits per heavy atom. The number of hydrogen-bond acceptors (Lipinski definition) is 4. The van der Waals surface area contributed by atoms with Crippen molar-refractivity contribution in [2.24, 2.45) is 11.3 Å². The summed E-state index contributed by atoms with van der Waals surface area (Å²) in [4.78, 5) is 29.4. The van der Waals surface area contributed by atoms with Crippen LogP contribution in [0, 0.1) is 11.3 Å². The van der Waals surface area contributed by atoms with Crippen molar-refractivity contribution < 1.29 is 19.4 Å². The minimum absolute atomic E-state index is 0.211. The molecule has 0 spiro atoms. The number of halogens is 1. The third-order valence-corrected chi connectivity index (χ3v) is 6.44. The van der Waals surface area contributed by atoms with E-state index >= 15 is 0 Å². The number of amides is 1. The summed E-state index contributed by atoms with van der Waals surface area (Å²) in [6.45, 7) is 5.35. The summed E-state index contributed by atoms with van der Waals surface area (Å²) in [6, 6.07) is 4.45. The lowest BCUT2D eigenvalue weighted by molar-refractivity contribution is -0.142. The summed E-state index contributed by atoms with van der Waals surface area (Å²) in [7, 11) is 1.60. The highest BCUT2D eigenvalue weighted by atomic mass is 79.9. The van der Waals surface area contributed by atoms with Crippen LogP contribution in [0.1, 0.15) is 62.6 Å². The molecule has 1 aromatic carbocycles. The van der Waals surface area contributed by atoms with Crippen molar-refractivity contribution >= 4 is 38.6 Å². The summed E-state index contributed by atoms with van der Waals surface area (Å²) in [5.74, 6) is -0.363. The van der Waals surface area contributed by atoms with E-state index in [2.05, 4.69) is 21.2 Å². The van der Waals surface area contributed by atoms with Crippen molar-refractivity contribution in [1.29, 1.82) is 0 Å². The molecule has 162 valence electrons. The number of aliphatic carboxylic acids is 1. The quantitative estimate of drug-likeness (QED) is 0.614. The van der Waals surface area contributed by atoms with Crippen LogP contribution in [0.15, 0.2) is 22.7 Å². The Labute approximate surface area is 185 Å². The van der Waals surface area contributed by atoms with E-state index < -0.39 is 23.3 Å². The van der Waals surface area contributed by atoms with Crippen molar-refractivity contribution in [3.63, 3.8) is 0 Å². The number of aromatic nitrogens is 1. The van der Waals surface area contributed by atoms with Crippen LogP contribution in [0.2, 0.25) is 0 Å². The average Bonchev–Trinajstić information content (AvgIpc) is 3.17. The highest BCUT2D eigenvalue weighted by Gasteiger charge is 2.33. The predicted molar refractivity (Wildman–Crippen MR) is 120 cm³/mol. The number of carbonyl (C=O) groups is 2. The van der Waals surface area contributed by atoms with Gasteiger partial charge in [0, 0.05) is 15.2 Å². The highest BCUT2D eigenvalue weighted by molar-refractivity contribution is 9.10. The lowest BCUT2D eigenvalue weighted by Gasteiger charge is -2.27. The maximum absolute atomic E-state index is 13.0. The van der Waals surface area contributed by atoms with Gasteiger partial charge in [-0.3, -0.25) is 4.79 Å². The number of carbonyl (C=O) groups excluding carboxylic acids is 1. The Morgan fingerprint density at radius 1 is 1.30 bits per heavy atom. The normalized spacial score (nSPS) is 15.9. The summed E-state index contributed by atoms with van der Waals surface area (Å²) >= 11 is 3.63. The van der Waals surface area contributed by atoms with Gasteiger partial charge in [0.05, 0.1) is 12.8 Å². The third kappa shape index (κ3) is 4.77. The van der Waals surface area contributed by atoms with Gasteiger partial charge in [0.15, 0.2) is 0 Å². The zero-order valence-corrected chi connectivity index (χ0v) is 19.5. The van der Waals surface area contributed by atoms with Crippen LogP contribution in [0.3, 0.4) is 0 Å². The number of hydrogen-bond donors (Lipinski definition) is 2. The molecule has 2 aromatic rings. The molecule has 1 fully saturated rings. The van der Waals surface area contributed by atoms with Crippen LogP contribution in [-0.4, -0.2) is 35.1 Å². The molecular weight excluding hydrogens is 448 g/mol. The Hall–Kier alpha value is -2.15. The molecular formula is C23H29BrN2O4. The first-order valence-electron chi connectivity index (χ1n) is 10.3. The van der Waals surface area contributed by atoms with E-state index in [0.29, 0.717) is 11.7 Å². The number of benzene rings is 1. The number of pyridine rings is 1. The topological polar surface area (TPSA) is 88.5 Å². The largest absolute Gasteiger partial charge is 0.496 e. The molecule has 1 heterocycles. The molecule has 0 saturated heterocycles. The van der Waals surface area contributed by atoms with E-state index in [1.807, 2.05) is 12.1 Å². The van der Waals surface area contributed by atoms with Gasteiger partial charge < -0.3 is 15.2 Å². The van der Waals surface area contributed by atoms with Gasteiger partial charge in [0.1, 0.15) is 17.5 Å². The molecule has 7 heteroatoms. The molecule has 0 bridgehead atoms. The molecule has 1 atom stereocenters. The maximum Gasteiger partial charge on any atom is 0.326 e. The van der Waals surface area contributed by atoms with Gasteiger partial charge in [-0.1, -0.05) is 62.4 Å². The van der Waals surface area contributed by atoms with Crippen molar-refractivity contribution in [3.05, 3.63) is 34.1 Å². The minimum atomic E-state index is -1.07. The van der Waals surface area contributed by atoms with E-state index in [1.165, 1.54) is 12.8 Å². The first kappa shape index (κ1) is 22.5. The second-order valence-corrected chi connectivity index (χ2v) is 9.95. The van der Waals surface area contributed by atoms with Crippen LogP contribution in [0.5, 0.6) is 5.75 Å². The number of ether oxygens (including phenoxy) is 1. The number of nitrogens with one attached hydrogen (secondary N) is 1. The molecule has 1 amide bonds. The minimum Gasteiger partial charge on any atom is -0.496 e. The summed E-state index contributed by atoms with van der Waals surface area (Å²) in [5.41, 5.74) is 0.423. The van der Waals surface area contributed by atoms with Gasteiger partial charge in [0.25, 0.3) is 5.91 Å². The zero-order chi connectivity index (χ0) is 22.1. The predicted octanol–water partition coefficient (Wildman–Crippen LogP) is 4.97.